The fourth-order valence-corrected chi connectivity index (χ4v) is 1.59. The molecule has 0 radical (unpaired) electrons. The van der Waals surface area contributed by atoms with E-state index in [0.717, 1.165) is 11.5 Å². The zero-order chi connectivity index (χ0) is 11.5. The number of rotatable bonds is 2. The highest BCUT2D eigenvalue weighted by molar-refractivity contribution is 5.94. The Morgan fingerprint density at radius 2 is 1.94 bits per heavy atom. The SMILES string of the molecule is O=C(O)/C=C\c1c(F)ccc2ccccc12. The van der Waals surface area contributed by atoms with Crippen molar-refractivity contribution in [2.24, 2.45) is 0 Å². The average Bonchev–Trinajstić information content (AvgIpc) is 2.27. The smallest absolute Gasteiger partial charge is 0.328 e. The van der Waals surface area contributed by atoms with Crippen LogP contribution in [0.2, 0.25) is 0 Å². The molecule has 0 aliphatic carbocycles. The molecule has 2 aromatic carbocycles. The third-order valence-electron chi connectivity index (χ3n) is 2.31. The number of hydrogen-bond donors (Lipinski definition) is 1. The fraction of sp³-hybridized carbons (Fsp3) is 0. The van der Waals surface area contributed by atoms with Gasteiger partial charge in [-0.25, -0.2) is 9.18 Å². The lowest BCUT2D eigenvalue weighted by atomic mass is 10.0. The van der Waals surface area contributed by atoms with Crippen molar-refractivity contribution in [3.8, 4) is 0 Å². The Morgan fingerprint density at radius 3 is 2.69 bits per heavy atom. The Labute approximate surface area is 91.6 Å². The van der Waals surface area contributed by atoms with E-state index in [1.165, 1.54) is 12.1 Å². The van der Waals surface area contributed by atoms with E-state index in [9.17, 15) is 9.18 Å². The zero-order valence-corrected chi connectivity index (χ0v) is 8.35. The molecule has 0 bridgehead atoms. The van der Waals surface area contributed by atoms with E-state index < -0.39 is 11.8 Å². The first kappa shape index (κ1) is 10.4. The maximum atomic E-state index is 13.5. The predicted octanol–water partition coefficient (Wildman–Crippen LogP) is 3.08. The molecule has 80 valence electrons. The van der Waals surface area contributed by atoms with Gasteiger partial charge in [0.15, 0.2) is 0 Å². The van der Waals surface area contributed by atoms with Crippen LogP contribution in [0.5, 0.6) is 0 Å². The molecule has 0 heterocycles. The molecule has 0 atom stereocenters. The normalized spacial score (nSPS) is 11.1. The van der Waals surface area contributed by atoms with Gasteiger partial charge in [0.25, 0.3) is 0 Å². The number of carboxylic acids is 1. The van der Waals surface area contributed by atoms with Crippen molar-refractivity contribution in [3.63, 3.8) is 0 Å². The highest BCUT2D eigenvalue weighted by Gasteiger charge is 2.04. The number of aliphatic carboxylic acids is 1. The minimum Gasteiger partial charge on any atom is -0.478 e. The Morgan fingerprint density at radius 1 is 1.19 bits per heavy atom. The van der Waals surface area contributed by atoms with Gasteiger partial charge < -0.3 is 5.11 Å². The van der Waals surface area contributed by atoms with Crippen LogP contribution in [0.1, 0.15) is 5.56 Å². The standard InChI is InChI=1S/C13H9FO2/c14-12-7-5-9-3-1-2-4-10(9)11(12)6-8-13(15)16/h1-8H,(H,15,16)/b8-6-. The maximum Gasteiger partial charge on any atom is 0.328 e. The maximum absolute atomic E-state index is 13.5. The van der Waals surface area contributed by atoms with Crippen LogP contribution >= 0.6 is 0 Å². The molecule has 0 saturated heterocycles. The lowest BCUT2D eigenvalue weighted by Crippen LogP contribution is -1.89. The van der Waals surface area contributed by atoms with Gasteiger partial charge >= 0.3 is 5.97 Å². The first-order valence-corrected chi connectivity index (χ1v) is 4.77. The first-order valence-electron chi connectivity index (χ1n) is 4.77. The van der Waals surface area contributed by atoms with Crippen molar-refractivity contribution in [1.82, 2.24) is 0 Å². The van der Waals surface area contributed by atoms with Gasteiger partial charge in [0, 0.05) is 11.6 Å². The van der Waals surface area contributed by atoms with Crippen molar-refractivity contribution < 1.29 is 14.3 Å². The summed E-state index contributed by atoms with van der Waals surface area (Å²) in [4.78, 5) is 10.4. The van der Waals surface area contributed by atoms with E-state index in [-0.39, 0.29) is 0 Å². The summed E-state index contributed by atoms with van der Waals surface area (Å²) in [5.74, 6) is -1.51. The van der Waals surface area contributed by atoms with Crippen molar-refractivity contribution in [2.45, 2.75) is 0 Å². The van der Waals surface area contributed by atoms with Crippen LogP contribution in [0.15, 0.2) is 42.5 Å². The van der Waals surface area contributed by atoms with Gasteiger partial charge in [-0.2, -0.15) is 0 Å². The quantitative estimate of drug-likeness (QED) is 0.783. The predicted molar refractivity (Wildman–Crippen MR) is 60.6 cm³/mol. The van der Waals surface area contributed by atoms with Crippen LogP contribution in [0.3, 0.4) is 0 Å². The number of fused-ring (bicyclic) bond motifs is 1. The van der Waals surface area contributed by atoms with Gasteiger partial charge in [-0.15, -0.1) is 0 Å². The second kappa shape index (κ2) is 4.14. The summed E-state index contributed by atoms with van der Waals surface area (Å²) in [7, 11) is 0. The first-order chi connectivity index (χ1) is 7.68. The summed E-state index contributed by atoms with van der Waals surface area (Å²) in [6.07, 6.45) is 2.21. The van der Waals surface area contributed by atoms with Crippen molar-refractivity contribution >= 4 is 22.8 Å². The fourth-order valence-electron chi connectivity index (χ4n) is 1.59. The number of carbonyl (C=O) groups is 1. The van der Waals surface area contributed by atoms with Gasteiger partial charge in [-0.05, 0) is 22.9 Å². The molecule has 0 fully saturated rings. The lowest BCUT2D eigenvalue weighted by Gasteiger charge is -2.03. The molecule has 16 heavy (non-hydrogen) atoms. The third-order valence-corrected chi connectivity index (χ3v) is 2.31. The molecule has 0 saturated carbocycles. The molecule has 0 aliphatic heterocycles. The summed E-state index contributed by atoms with van der Waals surface area (Å²) >= 11 is 0. The van der Waals surface area contributed by atoms with Gasteiger partial charge in [-0.3, -0.25) is 0 Å². The molecule has 1 N–H and O–H groups in total. The number of carboxylic acid groups (broad SMARTS) is 1. The summed E-state index contributed by atoms with van der Waals surface area (Å²) in [5.41, 5.74) is 0.306. The van der Waals surface area contributed by atoms with E-state index in [4.69, 9.17) is 5.11 Å². The summed E-state index contributed by atoms with van der Waals surface area (Å²) in [5, 5.41) is 10.1. The molecule has 2 rings (SSSR count). The van der Waals surface area contributed by atoms with E-state index in [1.807, 2.05) is 12.1 Å². The molecule has 2 nitrogen and oxygen atoms in total. The Balaban J connectivity index is 2.66. The van der Waals surface area contributed by atoms with Gasteiger partial charge in [-0.1, -0.05) is 30.3 Å². The number of halogens is 1. The monoisotopic (exact) mass is 216 g/mol. The molecule has 0 amide bonds. The van der Waals surface area contributed by atoms with Crippen LogP contribution in [0.4, 0.5) is 4.39 Å². The van der Waals surface area contributed by atoms with Crippen molar-refractivity contribution in [2.75, 3.05) is 0 Å². The summed E-state index contributed by atoms with van der Waals surface area (Å²) in [6.45, 7) is 0. The van der Waals surface area contributed by atoms with Crippen LogP contribution in [0, 0.1) is 5.82 Å². The van der Waals surface area contributed by atoms with Crippen LogP contribution < -0.4 is 0 Å². The lowest BCUT2D eigenvalue weighted by molar-refractivity contribution is -0.131. The highest BCUT2D eigenvalue weighted by atomic mass is 19.1. The highest BCUT2D eigenvalue weighted by Crippen LogP contribution is 2.22. The Kier molecular flexibility index (Phi) is 2.68. The van der Waals surface area contributed by atoms with E-state index in [2.05, 4.69) is 0 Å². The van der Waals surface area contributed by atoms with Gasteiger partial charge in [0.2, 0.25) is 0 Å². The van der Waals surface area contributed by atoms with Crippen molar-refractivity contribution in [1.29, 1.82) is 0 Å². The summed E-state index contributed by atoms with van der Waals surface area (Å²) in [6, 6.07) is 10.3. The molecule has 0 unspecified atom stereocenters. The molecular formula is C13H9FO2. The second-order valence-corrected chi connectivity index (χ2v) is 3.35. The van der Waals surface area contributed by atoms with Crippen LogP contribution in [0.25, 0.3) is 16.8 Å². The van der Waals surface area contributed by atoms with E-state index >= 15 is 0 Å². The number of benzene rings is 2. The van der Waals surface area contributed by atoms with Crippen LogP contribution in [-0.2, 0) is 4.79 Å². The Bertz CT molecular complexity index is 573. The Hall–Kier alpha value is -2.16. The molecule has 0 spiro atoms. The summed E-state index contributed by atoms with van der Waals surface area (Å²) < 4.78 is 13.5. The van der Waals surface area contributed by atoms with Crippen LogP contribution in [-0.4, -0.2) is 11.1 Å². The minimum absolute atomic E-state index is 0.306. The largest absolute Gasteiger partial charge is 0.478 e. The molecular weight excluding hydrogens is 207 g/mol. The zero-order valence-electron chi connectivity index (χ0n) is 8.35. The van der Waals surface area contributed by atoms with E-state index in [1.54, 1.807) is 18.2 Å². The molecule has 0 aliphatic rings. The molecule has 3 heteroatoms. The van der Waals surface area contributed by atoms with E-state index in [0.29, 0.717) is 10.9 Å². The van der Waals surface area contributed by atoms with Gasteiger partial charge in [0.1, 0.15) is 5.82 Å². The average molecular weight is 216 g/mol. The minimum atomic E-state index is -1.09. The number of hydrogen-bond acceptors (Lipinski definition) is 1. The topological polar surface area (TPSA) is 37.3 Å². The second-order valence-electron chi connectivity index (χ2n) is 3.35. The molecule has 2 aromatic rings. The third kappa shape index (κ3) is 1.93. The molecule has 0 aromatic heterocycles. The van der Waals surface area contributed by atoms with Gasteiger partial charge in [0.05, 0.1) is 0 Å². The van der Waals surface area contributed by atoms with Crippen molar-refractivity contribution in [3.05, 3.63) is 53.9 Å².